The van der Waals surface area contributed by atoms with Gasteiger partial charge < -0.3 is 9.64 Å². The zero-order valence-corrected chi connectivity index (χ0v) is 11.8. The number of ether oxygens (including phenoxy) is 1. The highest BCUT2D eigenvalue weighted by molar-refractivity contribution is 4.86. The second-order valence-corrected chi connectivity index (χ2v) is 6.16. The molecule has 0 aromatic rings. The van der Waals surface area contributed by atoms with Gasteiger partial charge >= 0.3 is 0 Å². The quantitative estimate of drug-likeness (QED) is 0.746. The summed E-state index contributed by atoms with van der Waals surface area (Å²) in [6.45, 7) is 10.4. The van der Waals surface area contributed by atoms with Gasteiger partial charge in [0.05, 0.1) is 6.10 Å². The van der Waals surface area contributed by atoms with E-state index < -0.39 is 0 Å². The average Bonchev–Trinajstić information content (AvgIpc) is 2.78. The Hall–Kier alpha value is -0.0800. The molecule has 0 aromatic heterocycles. The first-order valence-electron chi connectivity index (χ1n) is 7.56. The molecule has 1 saturated heterocycles. The molecule has 1 saturated carbocycles. The van der Waals surface area contributed by atoms with Gasteiger partial charge in [0.2, 0.25) is 0 Å². The molecule has 1 aliphatic heterocycles. The number of hydrogen-bond acceptors (Lipinski definition) is 2. The van der Waals surface area contributed by atoms with E-state index in [9.17, 15) is 0 Å². The van der Waals surface area contributed by atoms with Gasteiger partial charge in [-0.1, -0.05) is 13.8 Å². The van der Waals surface area contributed by atoms with Crippen molar-refractivity contribution >= 4 is 0 Å². The van der Waals surface area contributed by atoms with Gasteiger partial charge in [0.25, 0.3) is 0 Å². The lowest BCUT2D eigenvalue weighted by Crippen LogP contribution is -2.41. The first-order chi connectivity index (χ1) is 8.20. The second kappa shape index (κ2) is 6.19. The minimum absolute atomic E-state index is 0.549. The standard InChI is InChI=1S/C15H29NO/c1-4-17-15-6-5-14(11-15)16-9-7-13(8-10-16)12(2)3/h12-15H,4-11H2,1-3H3. The maximum atomic E-state index is 5.76. The number of rotatable bonds is 4. The molecule has 0 bridgehead atoms. The van der Waals surface area contributed by atoms with Crippen LogP contribution in [0.25, 0.3) is 0 Å². The molecule has 0 amide bonds. The molecule has 0 aromatic carbocycles. The largest absolute Gasteiger partial charge is 0.378 e. The van der Waals surface area contributed by atoms with Crippen LogP contribution in [0.1, 0.15) is 52.9 Å². The van der Waals surface area contributed by atoms with Crippen molar-refractivity contribution in [2.24, 2.45) is 11.8 Å². The summed E-state index contributed by atoms with van der Waals surface area (Å²) < 4.78 is 5.76. The van der Waals surface area contributed by atoms with Gasteiger partial charge in [0.1, 0.15) is 0 Å². The van der Waals surface area contributed by atoms with Crippen molar-refractivity contribution < 1.29 is 4.74 Å². The molecular weight excluding hydrogens is 210 g/mol. The third kappa shape index (κ3) is 3.45. The molecule has 1 heterocycles. The van der Waals surface area contributed by atoms with Crippen LogP contribution < -0.4 is 0 Å². The van der Waals surface area contributed by atoms with Crippen molar-refractivity contribution in [1.82, 2.24) is 4.90 Å². The predicted molar refractivity (Wildman–Crippen MR) is 72.2 cm³/mol. The highest BCUT2D eigenvalue weighted by atomic mass is 16.5. The summed E-state index contributed by atoms with van der Waals surface area (Å²) in [5.74, 6) is 1.84. The summed E-state index contributed by atoms with van der Waals surface area (Å²) in [4.78, 5) is 2.73. The third-order valence-electron chi connectivity index (χ3n) is 4.79. The normalized spacial score (nSPS) is 32.5. The molecule has 2 atom stereocenters. The lowest BCUT2D eigenvalue weighted by atomic mass is 9.86. The van der Waals surface area contributed by atoms with E-state index in [-0.39, 0.29) is 0 Å². The van der Waals surface area contributed by atoms with Crippen molar-refractivity contribution in [3.8, 4) is 0 Å². The highest BCUT2D eigenvalue weighted by Gasteiger charge is 2.32. The van der Waals surface area contributed by atoms with Crippen LogP contribution in [-0.4, -0.2) is 36.7 Å². The van der Waals surface area contributed by atoms with E-state index in [1.807, 2.05) is 0 Å². The molecular formula is C15H29NO. The Morgan fingerprint density at radius 1 is 1.12 bits per heavy atom. The molecule has 0 radical (unpaired) electrons. The van der Waals surface area contributed by atoms with Gasteiger partial charge in [0.15, 0.2) is 0 Å². The van der Waals surface area contributed by atoms with Crippen LogP contribution in [0.2, 0.25) is 0 Å². The van der Waals surface area contributed by atoms with Crippen molar-refractivity contribution in [1.29, 1.82) is 0 Å². The van der Waals surface area contributed by atoms with Crippen molar-refractivity contribution in [2.75, 3.05) is 19.7 Å². The van der Waals surface area contributed by atoms with Crippen LogP contribution in [0.3, 0.4) is 0 Å². The molecule has 2 rings (SSSR count). The molecule has 0 N–H and O–H groups in total. The van der Waals surface area contributed by atoms with Crippen LogP contribution >= 0.6 is 0 Å². The number of likely N-dealkylation sites (tertiary alicyclic amines) is 1. The van der Waals surface area contributed by atoms with Crippen LogP contribution in [0.4, 0.5) is 0 Å². The van der Waals surface area contributed by atoms with E-state index in [1.54, 1.807) is 0 Å². The molecule has 2 unspecified atom stereocenters. The molecule has 1 aliphatic carbocycles. The van der Waals surface area contributed by atoms with E-state index in [2.05, 4.69) is 25.7 Å². The Morgan fingerprint density at radius 3 is 2.41 bits per heavy atom. The van der Waals surface area contributed by atoms with E-state index >= 15 is 0 Å². The molecule has 2 aliphatic rings. The highest BCUT2D eigenvalue weighted by Crippen LogP contribution is 2.31. The van der Waals surface area contributed by atoms with E-state index in [4.69, 9.17) is 4.74 Å². The fourth-order valence-electron chi connectivity index (χ4n) is 3.59. The Labute approximate surface area is 107 Å². The van der Waals surface area contributed by atoms with E-state index in [0.717, 1.165) is 24.5 Å². The fourth-order valence-corrected chi connectivity index (χ4v) is 3.59. The van der Waals surface area contributed by atoms with Crippen LogP contribution in [0.15, 0.2) is 0 Å². The van der Waals surface area contributed by atoms with E-state index in [0.29, 0.717) is 6.10 Å². The van der Waals surface area contributed by atoms with Crippen LogP contribution in [-0.2, 0) is 4.74 Å². The van der Waals surface area contributed by atoms with E-state index in [1.165, 1.54) is 45.2 Å². The van der Waals surface area contributed by atoms with Gasteiger partial charge in [-0.25, -0.2) is 0 Å². The monoisotopic (exact) mass is 239 g/mol. The summed E-state index contributed by atoms with van der Waals surface area (Å²) in [5.41, 5.74) is 0. The Bertz CT molecular complexity index is 221. The first kappa shape index (κ1) is 13.4. The van der Waals surface area contributed by atoms with Crippen LogP contribution in [0.5, 0.6) is 0 Å². The van der Waals surface area contributed by atoms with Crippen molar-refractivity contribution in [2.45, 2.75) is 65.0 Å². The minimum Gasteiger partial charge on any atom is -0.378 e. The van der Waals surface area contributed by atoms with Gasteiger partial charge in [-0.05, 0) is 64.0 Å². The maximum absolute atomic E-state index is 5.76. The summed E-state index contributed by atoms with van der Waals surface area (Å²) in [5, 5.41) is 0. The lowest BCUT2D eigenvalue weighted by molar-refractivity contribution is 0.0547. The fraction of sp³-hybridized carbons (Fsp3) is 1.00. The molecule has 17 heavy (non-hydrogen) atoms. The Balaban J connectivity index is 1.74. The second-order valence-electron chi connectivity index (χ2n) is 6.16. The maximum Gasteiger partial charge on any atom is 0.0590 e. The zero-order valence-electron chi connectivity index (χ0n) is 11.8. The molecule has 0 spiro atoms. The molecule has 2 heteroatoms. The summed E-state index contributed by atoms with van der Waals surface area (Å²) in [6, 6.07) is 0.819. The average molecular weight is 239 g/mol. The SMILES string of the molecule is CCOC1CCC(N2CCC(C(C)C)CC2)C1. The third-order valence-corrected chi connectivity index (χ3v) is 4.79. The Morgan fingerprint density at radius 2 is 1.82 bits per heavy atom. The first-order valence-corrected chi connectivity index (χ1v) is 7.56. The predicted octanol–water partition coefficient (Wildman–Crippen LogP) is 3.31. The number of nitrogens with zero attached hydrogens (tertiary/aromatic N) is 1. The van der Waals surface area contributed by atoms with Gasteiger partial charge in [0, 0.05) is 12.6 Å². The number of hydrogen-bond donors (Lipinski definition) is 0. The summed E-state index contributed by atoms with van der Waals surface area (Å²) in [6.07, 6.45) is 7.29. The topological polar surface area (TPSA) is 12.5 Å². The van der Waals surface area contributed by atoms with Gasteiger partial charge in [-0.2, -0.15) is 0 Å². The zero-order chi connectivity index (χ0) is 12.3. The number of piperidine rings is 1. The molecule has 2 fully saturated rings. The summed E-state index contributed by atoms with van der Waals surface area (Å²) >= 11 is 0. The van der Waals surface area contributed by atoms with Crippen molar-refractivity contribution in [3.63, 3.8) is 0 Å². The molecule has 100 valence electrons. The van der Waals surface area contributed by atoms with Crippen LogP contribution in [0, 0.1) is 11.8 Å². The minimum atomic E-state index is 0.549. The lowest BCUT2D eigenvalue weighted by Gasteiger charge is -2.37. The molecule has 2 nitrogen and oxygen atoms in total. The van der Waals surface area contributed by atoms with Gasteiger partial charge in [-0.3, -0.25) is 0 Å². The summed E-state index contributed by atoms with van der Waals surface area (Å²) in [7, 11) is 0. The smallest absolute Gasteiger partial charge is 0.0590 e. The Kier molecular flexibility index (Phi) is 4.87. The van der Waals surface area contributed by atoms with Gasteiger partial charge in [-0.15, -0.1) is 0 Å². The van der Waals surface area contributed by atoms with Crippen molar-refractivity contribution in [3.05, 3.63) is 0 Å².